The zero-order chi connectivity index (χ0) is 86.3. The Bertz CT molecular complexity index is 3670. The second kappa shape index (κ2) is 27.7. The fourth-order valence-corrected chi connectivity index (χ4v) is 31.8. The third kappa shape index (κ3) is 10.3. The van der Waals surface area contributed by atoms with Crippen LogP contribution in [0.25, 0.3) is 0 Å². The summed E-state index contributed by atoms with van der Waals surface area (Å²) in [6.07, 6.45) is -12.8. The first-order valence-electron chi connectivity index (χ1n) is 43.7. The van der Waals surface area contributed by atoms with Crippen molar-refractivity contribution in [1.29, 1.82) is 0 Å². The molecule has 9 heterocycles. The molecule has 37 atom stereocenters. The first kappa shape index (κ1) is 91.5. The van der Waals surface area contributed by atoms with Crippen LogP contribution in [0, 0.1) is 81.7 Å². The first-order chi connectivity index (χ1) is 52.4. The average Bonchev–Trinajstić information content (AvgIpc) is 1.42. The van der Waals surface area contributed by atoms with Crippen LogP contribution >= 0.6 is 0 Å². The summed E-state index contributed by atoms with van der Waals surface area (Å²) in [6.45, 7) is 85.2. The molecule has 23 nitrogen and oxygen atoms in total. The fourth-order valence-electron chi connectivity index (χ4n) is 31.8. The van der Waals surface area contributed by atoms with Gasteiger partial charge in [-0.3, -0.25) is 0 Å². The molecule has 115 heavy (non-hydrogen) atoms. The van der Waals surface area contributed by atoms with Crippen LogP contribution in [-0.2, 0) is 104 Å². The third-order valence-corrected chi connectivity index (χ3v) is 38.1. The summed E-state index contributed by atoms with van der Waals surface area (Å²) in [4.78, 5) is 0. The topological polar surface area (TPSA) is 223 Å². The van der Waals surface area contributed by atoms with Crippen molar-refractivity contribution < 1.29 is 109 Å². The maximum absolute atomic E-state index is 10.2. The van der Waals surface area contributed by atoms with E-state index in [4.69, 9.17) is 104 Å². The smallest absolute Gasteiger partial charge is 0.226 e. The molecule has 0 aromatic heterocycles. The van der Waals surface area contributed by atoms with Crippen molar-refractivity contribution >= 4 is 0 Å². The number of methoxy groups -OCH3 is 6. The molecule has 9 aliphatic heterocycles. The van der Waals surface area contributed by atoms with Gasteiger partial charge in [-0.25, -0.2) is 0 Å². The molecular formula is C92H158O23. The van der Waals surface area contributed by atoms with E-state index >= 15 is 0 Å². The third-order valence-electron chi connectivity index (χ3n) is 38.1. The number of aliphatic hydroxyl groups excluding tert-OH is 1. The van der Waals surface area contributed by atoms with E-state index in [0.717, 1.165) is 0 Å². The molecule has 12 fully saturated rings. The summed E-state index contributed by atoms with van der Waals surface area (Å²) < 4.78 is 152. The lowest BCUT2D eigenvalue weighted by Gasteiger charge is -3.06. The van der Waals surface area contributed by atoms with Gasteiger partial charge in [0.2, 0.25) is 5.79 Å². The molecule has 13 aliphatic rings. The maximum Gasteiger partial charge on any atom is 0.226 e. The number of fused-ring (bicyclic) bond motifs is 9. The summed E-state index contributed by atoms with van der Waals surface area (Å²) in [7, 11) is 10.2. The zero-order valence-electron chi connectivity index (χ0n) is 79.0. The van der Waals surface area contributed by atoms with Crippen molar-refractivity contribution in [3.63, 3.8) is 0 Å². The highest BCUT2D eigenvalue weighted by molar-refractivity contribution is 5.66. The SMILES string of the molecule is COC1CC(OC2C(C)OC(OC3(C)C(C)(C)C4(C)C3(C)C3(C)C5=C(C)C(C)(C)C(C)(C67OC8(C)OC(C)(C)C(C)(OC6(C)OC)C8(C)C7(C(C)(C)C)C(C)(C)C(C)(C)C)C(C)C5(C(C)(C)C)C34C)CC2OC)OC(C)C1OC1CC(OC)C(OC2CC(OC)C3(OC(C)OC4C(OC(C)C(OC(C)O)C4OC)O3)C(C)O2)C(C)O1. The van der Waals surface area contributed by atoms with Crippen LogP contribution in [-0.4, -0.2) is 223 Å². The van der Waals surface area contributed by atoms with Crippen LogP contribution in [0.4, 0.5) is 0 Å². The Morgan fingerprint density at radius 1 is 0.487 bits per heavy atom. The Hall–Kier alpha value is -1.18. The highest BCUT2D eigenvalue weighted by atomic mass is 16.9. The van der Waals surface area contributed by atoms with Crippen LogP contribution < -0.4 is 0 Å². The summed E-state index contributed by atoms with van der Waals surface area (Å²) in [5, 5.41) is 10.2. The Kier molecular flexibility index (Phi) is 22.0. The number of allylic oxidation sites excluding steroid dienone is 2. The highest BCUT2D eigenvalue weighted by Gasteiger charge is 3.09. The normalized spacial score (nSPS) is 54.7. The van der Waals surface area contributed by atoms with Crippen LogP contribution in [0.3, 0.4) is 0 Å². The Morgan fingerprint density at radius 2 is 0.965 bits per heavy atom. The average molecular weight is 1630 g/mol. The number of ether oxygens (including phenoxy) is 22. The zero-order valence-corrected chi connectivity index (χ0v) is 79.0. The lowest BCUT2D eigenvalue weighted by atomic mass is 8.98. The molecule has 0 aromatic carbocycles. The van der Waals surface area contributed by atoms with Gasteiger partial charge in [0.05, 0.1) is 59.3 Å². The van der Waals surface area contributed by atoms with Gasteiger partial charge in [0.25, 0.3) is 0 Å². The van der Waals surface area contributed by atoms with E-state index < -0.39 is 224 Å². The number of hydrogen-bond acceptors (Lipinski definition) is 23. The van der Waals surface area contributed by atoms with E-state index in [2.05, 4.69) is 208 Å². The van der Waals surface area contributed by atoms with E-state index in [1.165, 1.54) is 12.5 Å². The van der Waals surface area contributed by atoms with Gasteiger partial charge in [0.15, 0.2) is 55.6 Å². The van der Waals surface area contributed by atoms with Crippen molar-refractivity contribution in [3.8, 4) is 0 Å². The summed E-state index contributed by atoms with van der Waals surface area (Å²) in [6, 6.07) is 0. The summed E-state index contributed by atoms with van der Waals surface area (Å²) >= 11 is 0. The van der Waals surface area contributed by atoms with Gasteiger partial charge in [-0.2, -0.15) is 0 Å². The Labute approximate surface area is 691 Å². The number of hydrogen-bond donors (Lipinski definition) is 1. The predicted molar refractivity (Wildman–Crippen MR) is 431 cm³/mol. The standard InChI is InChI=1S/C92H158O23/c1-47-70-80(28)82(30)81(29,83(80,31)89(70,73(13,14)15)52(6)79(27,75(47,19)20)92-88(36,99-42)114-86(34)78(25,26)113-87(35,115-92)84(86,32)91(92,74(16,17)18)76(21,22)72(10,11)12)77(23,24)85(82,33)111-63-45-58(96-39)66(50(4)102-63)108-61-43-56(94-37)64(48(2)100-61)107-60-44-57(95-38)65(49(3)101-60)109-62-46-59(97-40)90(53(7)104-62)110-55(9)106-69-68(98-41)67(105-54(8)93)51(5)103-71(69)112-90/h48-69,71,93H,43-46H2,1-42H3. The molecule has 2 bridgehead atoms. The van der Waals surface area contributed by atoms with Gasteiger partial charge in [-0.1, -0.05) is 163 Å². The minimum absolute atomic E-state index is 0.0541. The van der Waals surface area contributed by atoms with Crippen LogP contribution in [0.1, 0.15) is 275 Å². The van der Waals surface area contributed by atoms with Crippen LogP contribution in [0.5, 0.6) is 0 Å². The Morgan fingerprint density at radius 3 is 1.41 bits per heavy atom. The molecule has 3 saturated carbocycles. The van der Waals surface area contributed by atoms with Crippen molar-refractivity contribution in [3.05, 3.63) is 11.1 Å². The molecule has 0 amide bonds. The van der Waals surface area contributed by atoms with Crippen molar-refractivity contribution in [1.82, 2.24) is 0 Å². The van der Waals surface area contributed by atoms with Crippen LogP contribution in [0.15, 0.2) is 11.1 Å². The quantitative estimate of drug-likeness (QED) is 0.0995. The van der Waals surface area contributed by atoms with Crippen molar-refractivity contribution in [2.75, 3.05) is 42.7 Å². The molecule has 0 radical (unpaired) electrons. The van der Waals surface area contributed by atoms with Crippen molar-refractivity contribution in [2.24, 2.45) is 81.7 Å². The second-order valence-electron chi connectivity index (χ2n) is 44.6. The molecular weight excluding hydrogens is 1470 g/mol. The van der Waals surface area contributed by atoms with Crippen LogP contribution in [0.2, 0.25) is 0 Å². The van der Waals surface area contributed by atoms with Gasteiger partial charge in [0.1, 0.15) is 60.0 Å². The lowest BCUT2D eigenvalue weighted by Crippen LogP contribution is -3.05. The van der Waals surface area contributed by atoms with Gasteiger partial charge in [-0.05, 0) is 141 Å². The second-order valence-corrected chi connectivity index (χ2v) is 44.6. The Balaban J connectivity index is 0.724. The van der Waals surface area contributed by atoms with Gasteiger partial charge >= 0.3 is 0 Å². The fraction of sp³-hybridized carbons (Fsp3) is 0.978. The largest absolute Gasteiger partial charge is 0.378 e. The predicted octanol–water partition coefficient (Wildman–Crippen LogP) is 16.2. The molecule has 1 spiro atoms. The van der Waals surface area contributed by atoms with E-state index in [0.29, 0.717) is 19.3 Å². The molecule has 23 heteroatoms. The van der Waals surface area contributed by atoms with Gasteiger partial charge in [-0.15, -0.1) is 0 Å². The molecule has 37 unspecified atom stereocenters. The molecule has 0 aromatic rings. The molecule has 1 N–H and O–H groups in total. The minimum Gasteiger partial charge on any atom is -0.378 e. The van der Waals surface area contributed by atoms with Crippen molar-refractivity contribution in [2.45, 2.75) is 450 Å². The maximum atomic E-state index is 10.2. The molecule has 664 valence electrons. The summed E-state index contributed by atoms with van der Waals surface area (Å²) in [5.74, 6) is -3.98. The highest BCUT2D eigenvalue weighted by Crippen LogP contribution is 3.09. The lowest BCUT2D eigenvalue weighted by molar-refractivity contribution is -0.584. The molecule has 13 rings (SSSR count). The summed E-state index contributed by atoms with van der Waals surface area (Å²) in [5.41, 5.74) is -7.17. The number of rotatable bonds is 18. The van der Waals surface area contributed by atoms with E-state index in [1.807, 2.05) is 34.8 Å². The van der Waals surface area contributed by atoms with E-state index in [9.17, 15) is 5.11 Å². The van der Waals surface area contributed by atoms with Gasteiger partial charge in [0, 0.05) is 101 Å². The van der Waals surface area contributed by atoms with E-state index in [1.54, 1.807) is 48.0 Å². The minimum atomic E-state index is -1.48. The molecule has 4 aliphatic carbocycles. The monoisotopic (exact) mass is 1630 g/mol. The first-order valence-corrected chi connectivity index (χ1v) is 43.7. The van der Waals surface area contributed by atoms with Gasteiger partial charge < -0.3 is 109 Å². The number of aliphatic hydroxyl groups is 1. The molecule has 9 saturated heterocycles. The van der Waals surface area contributed by atoms with E-state index in [-0.39, 0.29) is 39.4 Å².